The Morgan fingerprint density at radius 3 is 2.38 bits per heavy atom. The third-order valence-electron chi connectivity index (χ3n) is 4.14. The summed E-state index contributed by atoms with van der Waals surface area (Å²) in [4.78, 5) is 4.46. The molecular weight excluding hydrogens is 330 g/mol. The van der Waals surface area contributed by atoms with Crippen LogP contribution in [0.1, 0.15) is 48.2 Å². The van der Waals surface area contributed by atoms with Gasteiger partial charge in [0.25, 0.3) is 0 Å². The van der Waals surface area contributed by atoms with Crippen molar-refractivity contribution in [2.24, 2.45) is 0 Å². The molecule has 0 bridgehead atoms. The number of rotatable bonds is 8. The molecule has 1 aromatic carbocycles. The van der Waals surface area contributed by atoms with Crippen LogP contribution in [0.3, 0.4) is 0 Å². The van der Waals surface area contributed by atoms with Crippen LogP contribution < -0.4 is 4.74 Å². The molecule has 6 nitrogen and oxygen atoms in total. The van der Waals surface area contributed by atoms with E-state index in [-0.39, 0.29) is 0 Å². The Hall–Kier alpha value is -2.63. The van der Waals surface area contributed by atoms with Gasteiger partial charge in [-0.3, -0.25) is 0 Å². The third kappa shape index (κ3) is 4.31. The molecule has 0 aliphatic carbocycles. The van der Waals surface area contributed by atoms with Gasteiger partial charge in [0, 0.05) is 24.5 Å². The molecule has 0 N–H and O–H groups in total. The van der Waals surface area contributed by atoms with Crippen molar-refractivity contribution in [2.75, 3.05) is 6.61 Å². The van der Waals surface area contributed by atoms with Gasteiger partial charge in [0.15, 0.2) is 0 Å². The zero-order chi connectivity index (χ0) is 18.5. The number of aryl methyl sites for hydroxylation is 5. The van der Waals surface area contributed by atoms with Crippen molar-refractivity contribution >= 4 is 0 Å². The molecule has 3 aromatic rings. The lowest BCUT2D eigenvalue weighted by Gasteiger charge is -2.13. The number of nitrogens with zero attached hydrogens (tertiary/aromatic N) is 3. The van der Waals surface area contributed by atoms with Crippen molar-refractivity contribution < 1.29 is 13.8 Å². The average Bonchev–Trinajstić information content (AvgIpc) is 3.23. The van der Waals surface area contributed by atoms with Crippen LogP contribution in [-0.2, 0) is 12.8 Å². The van der Waals surface area contributed by atoms with E-state index in [1.165, 1.54) is 0 Å². The molecule has 138 valence electrons. The first-order valence-electron chi connectivity index (χ1n) is 9.06. The Labute approximate surface area is 153 Å². The van der Waals surface area contributed by atoms with E-state index >= 15 is 0 Å². The molecule has 26 heavy (non-hydrogen) atoms. The van der Waals surface area contributed by atoms with Gasteiger partial charge in [0.05, 0.1) is 12.3 Å². The predicted octanol–water partition coefficient (Wildman–Crippen LogP) is 4.61. The molecule has 2 aromatic heterocycles. The fourth-order valence-corrected chi connectivity index (χ4v) is 2.95. The van der Waals surface area contributed by atoms with E-state index in [9.17, 15) is 0 Å². The van der Waals surface area contributed by atoms with Gasteiger partial charge in [-0.1, -0.05) is 17.2 Å². The van der Waals surface area contributed by atoms with Gasteiger partial charge < -0.3 is 13.8 Å². The summed E-state index contributed by atoms with van der Waals surface area (Å²) in [5.41, 5.74) is 4.00. The van der Waals surface area contributed by atoms with Crippen LogP contribution in [0.25, 0.3) is 11.4 Å². The van der Waals surface area contributed by atoms with Crippen LogP contribution in [0.15, 0.2) is 27.2 Å². The number of hydrogen-bond donors (Lipinski definition) is 0. The lowest BCUT2D eigenvalue weighted by Crippen LogP contribution is -2.02. The molecule has 2 heterocycles. The second-order valence-electron chi connectivity index (χ2n) is 6.59. The van der Waals surface area contributed by atoms with Gasteiger partial charge >= 0.3 is 0 Å². The summed E-state index contributed by atoms with van der Waals surface area (Å²) in [5.74, 6) is 3.13. The highest BCUT2D eigenvalue weighted by Gasteiger charge is 2.13. The summed E-state index contributed by atoms with van der Waals surface area (Å²) in [6.45, 7) is 8.72. The Morgan fingerprint density at radius 1 is 0.962 bits per heavy atom. The SMILES string of the molecule is CCCc1nc(-c2cc(C)c(OCCCc3cc(C)no3)c(C)c2)no1. The highest BCUT2D eigenvalue weighted by Crippen LogP contribution is 2.29. The number of hydrogen-bond acceptors (Lipinski definition) is 6. The maximum atomic E-state index is 6.00. The second kappa shape index (κ2) is 8.17. The van der Waals surface area contributed by atoms with Gasteiger partial charge in [-0.25, -0.2) is 0 Å². The summed E-state index contributed by atoms with van der Waals surface area (Å²) in [6.07, 6.45) is 3.48. The zero-order valence-corrected chi connectivity index (χ0v) is 15.8. The van der Waals surface area contributed by atoms with Crippen molar-refractivity contribution in [1.82, 2.24) is 15.3 Å². The van der Waals surface area contributed by atoms with Crippen molar-refractivity contribution in [3.63, 3.8) is 0 Å². The number of benzene rings is 1. The smallest absolute Gasteiger partial charge is 0.226 e. The predicted molar refractivity (Wildman–Crippen MR) is 98.3 cm³/mol. The quantitative estimate of drug-likeness (QED) is 0.549. The molecule has 0 unspecified atom stereocenters. The average molecular weight is 355 g/mol. The third-order valence-corrected chi connectivity index (χ3v) is 4.14. The summed E-state index contributed by atoms with van der Waals surface area (Å²) < 4.78 is 16.5. The van der Waals surface area contributed by atoms with Gasteiger partial charge in [0.2, 0.25) is 11.7 Å². The van der Waals surface area contributed by atoms with E-state index < -0.39 is 0 Å². The van der Waals surface area contributed by atoms with Crippen LogP contribution in [0, 0.1) is 20.8 Å². The van der Waals surface area contributed by atoms with E-state index in [4.69, 9.17) is 13.8 Å². The Bertz CT molecular complexity index is 844. The summed E-state index contributed by atoms with van der Waals surface area (Å²) in [5, 5.41) is 7.98. The minimum Gasteiger partial charge on any atom is -0.493 e. The van der Waals surface area contributed by atoms with Gasteiger partial charge in [-0.15, -0.1) is 0 Å². The summed E-state index contributed by atoms with van der Waals surface area (Å²) in [7, 11) is 0. The number of aromatic nitrogens is 3. The van der Waals surface area contributed by atoms with Crippen LogP contribution in [0.5, 0.6) is 5.75 Å². The molecular formula is C20H25N3O3. The highest BCUT2D eigenvalue weighted by molar-refractivity contribution is 5.60. The molecule has 0 aliphatic heterocycles. The van der Waals surface area contributed by atoms with Gasteiger partial charge in [-0.2, -0.15) is 4.98 Å². The monoisotopic (exact) mass is 355 g/mol. The zero-order valence-electron chi connectivity index (χ0n) is 15.8. The molecule has 0 atom stereocenters. The van der Waals surface area contributed by atoms with Crippen LogP contribution >= 0.6 is 0 Å². The van der Waals surface area contributed by atoms with E-state index in [0.29, 0.717) is 18.3 Å². The summed E-state index contributed by atoms with van der Waals surface area (Å²) >= 11 is 0. The first kappa shape index (κ1) is 18.2. The Balaban J connectivity index is 1.63. The molecule has 3 rings (SSSR count). The molecule has 6 heteroatoms. The lowest BCUT2D eigenvalue weighted by atomic mass is 10.1. The fourth-order valence-electron chi connectivity index (χ4n) is 2.95. The molecule has 0 saturated heterocycles. The lowest BCUT2D eigenvalue weighted by molar-refractivity contribution is 0.296. The van der Waals surface area contributed by atoms with Crippen LogP contribution in [0.2, 0.25) is 0 Å². The normalized spacial score (nSPS) is 11.1. The first-order valence-corrected chi connectivity index (χ1v) is 9.06. The molecule has 0 radical (unpaired) electrons. The van der Waals surface area contributed by atoms with Gasteiger partial charge in [0.1, 0.15) is 11.5 Å². The van der Waals surface area contributed by atoms with Crippen LogP contribution in [0.4, 0.5) is 0 Å². The van der Waals surface area contributed by atoms with E-state index in [1.54, 1.807) is 0 Å². The van der Waals surface area contributed by atoms with Crippen molar-refractivity contribution in [1.29, 1.82) is 0 Å². The van der Waals surface area contributed by atoms with E-state index in [1.807, 2.05) is 39.0 Å². The molecule has 0 aliphatic rings. The second-order valence-corrected chi connectivity index (χ2v) is 6.59. The minimum atomic E-state index is 0.629. The maximum Gasteiger partial charge on any atom is 0.226 e. The fraction of sp³-hybridized carbons (Fsp3) is 0.450. The minimum absolute atomic E-state index is 0.629. The Kier molecular flexibility index (Phi) is 5.71. The molecule has 0 amide bonds. The van der Waals surface area contributed by atoms with Gasteiger partial charge in [-0.05, 0) is 56.9 Å². The van der Waals surface area contributed by atoms with Crippen molar-refractivity contribution in [2.45, 2.75) is 53.4 Å². The molecule has 0 spiro atoms. The highest BCUT2D eigenvalue weighted by atomic mass is 16.5. The molecule has 0 fully saturated rings. The van der Waals surface area contributed by atoms with Crippen LogP contribution in [-0.4, -0.2) is 21.9 Å². The molecule has 0 saturated carbocycles. The number of ether oxygens (including phenoxy) is 1. The first-order chi connectivity index (χ1) is 12.6. The summed E-state index contributed by atoms with van der Waals surface area (Å²) in [6, 6.07) is 6.05. The maximum absolute atomic E-state index is 6.00. The van der Waals surface area contributed by atoms with Crippen molar-refractivity contribution in [3.8, 4) is 17.1 Å². The standard InChI is InChI=1S/C20H25N3O3/c1-5-7-18-21-20(23-26-18)16-10-13(2)19(14(3)11-16)24-9-6-8-17-12-15(4)22-25-17/h10-12H,5-9H2,1-4H3. The van der Waals surface area contributed by atoms with Crippen molar-refractivity contribution in [3.05, 3.63) is 46.7 Å². The largest absolute Gasteiger partial charge is 0.493 e. The van der Waals surface area contributed by atoms with E-state index in [0.717, 1.165) is 59.6 Å². The van der Waals surface area contributed by atoms with E-state index in [2.05, 4.69) is 22.2 Å². The Morgan fingerprint density at radius 2 is 1.73 bits per heavy atom. The topological polar surface area (TPSA) is 74.2 Å².